The van der Waals surface area contributed by atoms with E-state index in [2.05, 4.69) is 22.0 Å². The molecule has 0 saturated carbocycles. The van der Waals surface area contributed by atoms with Crippen molar-refractivity contribution >= 4 is 39.4 Å². The zero-order valence-electron chi connectivity index (χ0n) is 22.4. The number of benzene rings is 3. The molecule has 2 heterocycles. The van der Waals surface area contributed by atoms with E-state index in [9.17, 15) is 14.9 Å². The lowest BCUT2D eigenvalue weighted by atomic mass is 9.68. The van der Waals surface area contributed by atoms with Crippen molar-refractivity contribution in [2.24, 2.45) is 5.41 Å². The van der Waals surface area contributed by atoms with Gasteiger partial charge in [0.2, 0.25) is 0 Å². The Morgan fingerprint density at radius 1 is 0.925 bits per heavy atom. The molecule has 0 aliphatic carbocycles. The molecule has 1 saturated heterocycles. The third kappa shape index (κ3) is 4.02. The predicted molar refractivity (Wildman–Crippen MR) is 153 cm³/mol. The van der Waals surface area contributed by atoms with Crippen LogP contribution in [-0.2, 0) is 9.53 Å². The maximum atomic E-state index is 14.6. The van der Waals surface area contributed by atoms with Gasteiger partial charge in [0.25, 0.3) is 0 Å². The first-order chi connectivity index (χ1) is 19.4. The molecule has 0 amide bonds. The molecule has 3 aromatic carbocycles. The van der Waals surface area contributed by atoms with E-state index in [-0.39, 0.29) is 5.78 Å². The number of esters is 1. The first-order valence-corrected chi connectivity index (χ1v) is 13.3. The summed E-state index contributed by atoms with van der Waals surface area (Å²) in [6.45, 7) is 0. The number of halogens is 1. The molecule has 0 aromatic heterocycles. The largest absolute Gasteiger partial charge is 0.496 e. The second-order valence-corrected chi connectivity index (χ2v) is 10.3. The van der Waals surface area contributed by atoms with Crippen LogP contribution in [0.1, 0.15) is 27.4 Å². The Morgan fingerprint density at radius 2 is 1.62 bits per heavy atom. The molecule has 40 heavy (non-hydrogen) atoms. The number of fused-ring (bicyclic) bond motifs is 3. The highest BCUT2D eigenvalue weighted by Crippen LogP contribution is 2.57. The van der Waals surface area contributed by atoms with E-state index >= 15 is 0 Å². The molecule has 0 unspecified atom stereocenters. The van der Waals surface area contributed by atoms with Gasteiger partial charge in [0, 0.05) is 17.2 Å². The molecule has 2 aliphatic rings. The Labute approximate surface area is 240 Å². The van der Waals surface area contributed by atoms with Crippen LogP contribution in [0.15, 0.2) is 71.2 Å². The zero-order valence-corrected chi connectivity index (χ0v) is 24.0. The second-order valence-electron chi connectivity index (χ2n) is 9.49. The average molecular weight is 603 g/mol. The molecule has 9 heteroatoms. The Hall–Kier alpha value is -4.29. The van der Waals surface area contributed by atoms with Crippen molar-refractivity contribution in [2.45, 2.75) is 18.0 Å². The molecule has 1 fully saturated rings. The molecule has 204 valence electrons. The molecule has 5 rings (SSSR count). The first-order valence-electron chi connectivity index (χ1n) is 12.5. The molecule has 3 aromatic rings. The monoisotopic (exact) mass is 602 g/mol. The number of carbonyl (C=O) groups excluding carboxylic acids is 2. The van der Waals surface area contributed by atoms with Gasteiger partial charge in [0.1, 0.15) is 11.8 Å². The number of rotatable bonds is 7. The Bertz CT molecular complexity index is 1560. The van der Waals surface area contributed by atoms with Crippen molar-refractivity contribution in [3.63, 3.8) is 0 Å². The molecule has 8 nitrogen and oxygen atoms in total. The summed E-state index contributed by atoms with van der Waals surface area (Å²) in [7, 11) is 5.84. The van der Waals surface area contributed by atoms with E-state index in [1.54, 1.807) is 43.5 Å². The number of nitrogens with zero attached hydrogens (tertiary/aromatic N) is 2. The number of ether oxygens (including phenoxy) is 4. The first kappa shape index (κ1) is 27.3. The number of anilines is 1. The van der Waals surface area contributed by atoms with Crippen LogP contribution in [0.3, 0.4) is 0 Å². The number of hydrogen-bond acceptors (Lipinski definition) is 8. The van der Waals surface area contributed by atoms with Crippen LogP contribution in [0.4, 0.5) is 5.69 Å². The summed E-state index contributed by atoms with van der Waals surface area (Å²) in [6.07, 6.45) is 3.70. The zero-order chi connectivity index (χ0) is 28.6. The van der Waals surface area contributed by atoms with Gasteiger partial charge in [0.05, 0.1) is 45.0 Å². The summed E-state index contributed by atoms with van der Waals surface area (Å²) in [5, 5.41) is 10.8. The van der Waals surface area contributed by atoms with E-state index in [4.69, 9.17) is 18.9 Å². The van der Waals surface area contributed by atoms with Crippen LogP contribution in [0, 0.1) is 16.7 Å². The topological polar surface area (TPSA) is 98.1 Å². The van der Waals surface area contributed by atoms with Crippen molar-refractivity contribution in [3.05, 3.63) is 87.9 Å². The number of carbonyl (C=O) groups is 2. The SMILES string of the molecule is COC(=O)[C@]1(C#N)[C@H](c2ccc(OC)c(OC)c2)[C@H](C(=O)c2ccc(OC)c(Br)c2)N2c3ccccc3C=C[C@H]21. The van der Waals surface area contributed by atoms with Crippen molar-refractivity contribution in [1.82, 2.24) is 0 Å². The van der Waals surface area contributed by atoms with Crippen molar-refractivity contribution in [1.29, 1.82) is 5.26 Å². The lowest BCUT2D eigenvalue weighted by molar-refractivity contribution is -0.150. The van der Waals surface area contributed by atoms with Gasteiger partial charge >= 0.3 is 5.97 Å². The molecule has 0 radical (unpaired) electrons. The Morgan fingerprint density at radius 3 is 2.27 bits per heavy atom. The minimum atomic E-state index is -1.76. The van der Waals surface area contributed by atoms with Crippen LogP contribution in [0.5, 0.6) is 17.2 Å². The molecule has 0 spiro atoms. The average Bonchev–Trinajstić information content (AvgIpc) is 3.31. The summed E-state index contributed by atoms with van der Waals surface area (Å²) in [5.74, 6) is -0.451. The van der Waals surface area contributed by atoms with Gasteiger partial charge in [0.15, 0.2) is 22.7 Å². The third-order valence-corrected chi connectivity index (χ3v) is 8.34. The van der Waals surface area contributed by atoms with Crippen LogP contribution in [0.25, 0.3) is 6.08 Å². The number of hydrogen-bond donors (Lipinski definition) is 0. The van der Waals surface area contributed by atoms with Gasteiger partial charge in [-0.25, -0.2) is 0 Å². The minimum absolute atomic E-state index is 0.265. The van der Waals surface area contributed by atoms with Crippen LogP contribution in [-0.4, -0.2) is 52.3 Å². The number of ketones is 1. The highest BCUT2D eigenvalue weighted by atomic mass is 79.9. The summed E-state index contributed by atoms with van der Waals surface area (Å²) in [6, 6.07) is 18.5. The summed E-state index contributed by atoms with van der Waals surface area (Å²) in [5.41, 5.74) is 0.815. The lowest BCUT2D eigenvalue weighted by Gasteiger charge is -2.36. The van der Waals surface area contributed by atoms with Crippen molar-refractivity contribution in [3.8, 4) is 23.3 Å². The van der Waals surface area contributed by atoms with E-state index < -0.39 is 29.4 Å². The van der Waals surface area contributed by atoms with Crippen molar-refractivity contribution < 1.29 is 28.5 Å². The van der Waals surface area contributed by atoms with Gasteiger partial charge in [-0.15, -0.1) is 0 Å². The normalized spacial score (nSPS) is 22.5. The molecular weight excluding hydrogens is 576 g/mol. The maximum Gasteiger partial charge on any atom is 0.329 e. The number of nitriles is 1. The van der Waals surface area contributed by atoms with Gasteiger partial charge in [-0.3, -0.25) is 9.59 Å². The summed E-state index contributed by atoms with van der Waals surface area (Å²) < 4.78 is 22.3. The Balaban J connectivity index is 1.81. The lowest BCUT2D eigenvalue weighted by Crippen LogP contribution is -2.46. The molecule has 4 atom stereocenters. The number of Topliss-reactive ketones (excluding diaryl/α,β-unsaturated/α-hetero) is 1. The van der Waals surface area contributed by atoms with Gasteiger partial charge in [-0.05, 0) is 63.5 Å². The Kier molecular flexibility index (Phi) is 7.30. The number of methoxy groups -OCH3 is 4. The predicted octanol–water partition coefficient (Wildman–Crippen LogP) is 5.41. The van der Waals surface area contributed by atoms with Gasteiger partial charge in [-0.2, -0.15) is 5.26 Å². The minimum Gasteiger partial charge on any atom is -0.496 e. The van der Waals surface area contributed by atoms with Crippen molar-refractivity contribution in [2.75, 3.05) is 33.3 Å². The molecule has 2 aliphatic heterocycles. The van der Waals surface area contributed by atoms with E-state index in [1.165, 1.54) is 21.3 Å². The molecule has 0 bridgehead atoms. The fourth-order valence-corrected chi connectivity index (χ4v) is 6.49. The van der Waals surface area contributed by atoms with Crippen LogP contribution < -0.4 is 19.1 Å². The third-order valence-electron chi connectivity index (χ3n) is 7.73. The van der Waals surface area contributed by atoms with E-state index in [0.717, 1.165) is 11.3 Å². The van der Waals surface area contributed by atoms with Gasteiger partial charge < -0.3 is 23.8 Å². The summed E-state index contributed by atoms with van der Waals surface area (Å²) in [4.78, 5) is 30.2. The van der Waals surface area contributed by atoms with Gasteiger partial charge in [-0.1, -0.05) is 36.4 Å². The molecule has 0 N–H and O–H groups in total. The quantitative estimate of drug-likeness (QED) is 0.261. The molecular formula is C31H27BrN2O6. The van der Waals surface area contributed by atoms with Crippen LogP contribution in [0.2, 0.25) is 0 Å². The fraction of sp³-hybridized carbons (Fsp3) is 0.258. The van der Waals surface area contributed by atoms with E-state index in [1.807, 2.05) is 41.3 Å². The maximum absolute atomic E-state index is 14.6. The fourth-order valence-electron chi connectivity index (χ4n) is 5.95. The highest BCUT2D eigenvalue weighted by molar-refractivity contribution is 9.10. The van der Waals surface area contributed by atoms with Crippen LogP contribution >= 0.6 is 15.9 Å². The number of para-hydroxylation sites is 1. The summed E-state index contributed by atoms with van der Waals surface area (Å²) >= 11 is 3.49. The second kappa shape index (κ2) is 10.7. The van der Waals surface area contributed by atoms with E-state index in [0.29, 0.717) is 32.8 Å². The standard InChI is InChI=1S/C31H27BrN2O6/c1-37-23-12-10-20(15-21(23)32)29(35)28-27(19-9-13-24(38-2)25(16-19)39-3)31(17-33,30(36)40-4)26-14-11-18-7-5-6-8-22(18)34(26)28/h5-16,26-28H,1-4H3/t26-,27+,28+,31-/m0/s1. The highest BCUT2D eigenvalue weighted by Gasteiger charge is 2.67. The smallest absolute Gasteiger partial charge is 0.329 e.